The number of likely N-dealkylation sites (N-methyl/N-ethyl adjacent to an activating group) is 1. The Morgan fingerprint density at radius 3 is 2.69 bits per heavy atom. The Bertz CT molecular complexity index is 1030. The molecule has 0 saturated carbocycles. The smallest absolute Gasteiger partial charge is 0.234 e. The fourth-order valence-corrected chi connectivity index (χ4v) is 3.46. The van der Waals surface area contributed by atoms with Gasteiger partial charge in [0, 0.05) is 45.0 Å². The van der Waals surface area contributed by atoms with E-state index in [0.29, 0.717) is 19.4 Å². The van der Waals surface area contributed by atoms with Crippen LogP contribution < -0.4 is 10.1 Å². The van der Waals surface area contributed by atoms with Crippen molar-refractivity contribution in [3.63, 3.8) is 0 Å². The number of hydrogen-bond donors (Lipinski definition) is 1. The second kappa shape index (κ2) is 9.55. The first kappa shape index (κ1) is 23.1. The number of benzene rings is 2. The second-order valence-electron chi connectivity index (χ2n) is 7.20. The Labute approximate surface area is 184 Å². The van der Waals surface area contributed by atoms with Crippen molar-refractivity contribution in [3.05, 3.63) is 49.6 Å². The number of nitrogens with zero attached hydrogens (tertiary/aromatic N) is 1. The Kier molecular flexibility index (Phi) is 7.61. The summed E-state index contributed by atoms with van der Waals surface area (Å²) in [7, 11) is 4.02. The van der Waals surface area contributed by atoms with E-state index in [1.165, 1.54) is 0 Å². The molecule has 29 heavy (non-hydrogen) atoms. The van der Waals surface area contributed by atoms with E-state index >= 15 is 0 Å². The molecule has 1 unspecified atom stereocenters. The SMILES string of the molecule is CN(C)CCOc1ccc2cc3occ(C4CCC(=O)NC4=O)c3cc2c1.[CH3-].[W]. The molecular formula is C22H25N2O4W-. The van der Waals surface area contributed by atoms with Crippen LogP contribution in [-0.2, 0) is 30.7 Å². The molecule has 1 N–H and O–H groups in total. The summed E-state index contributed by atoms with van der Waals surface area (Å²) >= 11 is 0. The maximum Gasteiger partial charge on any atom is 0.234 e. The number of nitrogens with one attached hydrogen (secondary N) is 1. The van der Waals surface area contributed by atoms with Crippen molar-refractivity contribution in [3.8, 4) is 5.75 Å². The van der Waals surface area contributed by atoms with Crippen LogP contribution in [-0.4, -0.2) is 44.0 Å². The molecule has 7 heteroatoms. The van der Waals surface area contributed by atoms with Crippen LogP contribution in [0.15, 0.2) is 41.0 Å². The Balaban J connectivity index is 0.00000150. The van der Waals surface area contributed by atoms with Crippen molar-refractivity contribution in [2.75, 3.05) is 27.2 Å². The van der Waals surface area contributed by atoms with E-state index in [1.807, 2.05) is 44.4 Å². The zero-order valence-corrected chi connectivity index (χ0v) is 19.8. The molecule has 0 aliphatic carbocycles. The number of carbonyl (C=O) groups is 2. The van der Waals surface area contributed by atoms with Gasteiger partial charge in [0.2, 0.25) is 11.8 Å². The van der Waals surface area contributed by atoms with Crippen LogP contribution in [0.5, 0.6) is 5.75 Å². The summed E-state index contributed by atoms with van der Waals surface area (Å²) in [6.45, 7) is 1.46. The van der Waals surface area contributed by atoms with Crippen LogP contribution in [0.3, 0.4) is 0 Å². The summed E-state index contributed by atoms with van der Waals surface area (Å²) < 4.78 is 11.5. The van der Waals surface area contributed by atoms with E-state index in [0.717, 1.165) is 39.6 Å². The third-order valence-electron chi connectivity index (χ3n) is 4.96. The van der Waals surface area contributed by atoms with Gasteiger partial charge in [0.1, 0.15) is 17.9 Å². The molecule has 6 nitrogen and oxygen atoms in total. The Morgan fingerprint density at radius 1 is 1.17 bits per heavy atom. The maximum absolute atomic E-state index is 12.2. The number of carbonyl (C=O) groups excluding carboxylic acids is 2. The normalized spacial score (nSPS) is 16.4. The topological polar surface area (TPSA) is 71.8 Å². The molecule has 1 aromatic heterocycles. The Morgan fingerprint density at radius 2 is 1.97 bits per heavy atom. The van der Waals surface area contributed by atoms with Gasteiger partial charge in [0.25, 0.3) is 0 Å². The molecule has 1 fully saturated rings. The van der Waals surface area contributed by atoms with E-state index in [2.05, 4.69) is 10.2 Å². The zero-order chi connectivity index (χ0) is 19.0. The minimum Gasteiger partial charge on any atom is -0.492 e. The summed E-state index contributed by atoms with van der Waals surface area (Å²) in [5, 5.41) is 5.40. The molecule has 1 aliphatic rings. The first-order chi connectivity index (χ1) is 13.0. The monoisotopic (exact) mass is 565 g/mol. The van der Waals surface area contributed by atoms with E-state index in [9.17, 15) is 9.59 Å². The summed E-state index contributed by atoms with van der Waals surface area (Å²) in [4.78, 5) is 25.7. The molecule has 1 atom stereocenters. The molecular weight excluding hydrogens is 540 g/mol. The first-order valence-electron chi connectivity index (χ1n) is 9.07. The van der Waals surface area contributed by atoms with Gasteiger partial charge in [-0.05, 0) is 55.6 Å². The molecule has 1 saturated heterocycles. The number of ether oxygens (including phenoxy) is 1. The minimum atomic E-state index is -0.360. The fourth-order valence-electron chi connectivity index (χ4n) is 3.46. The second-order valence-corrected chi connectivity index (χ2v) is 7.20. The van der Waals surface area contributed by atoms with E-state index in [1.54, 1.807) is 6.26 Å². The quantitative estimate of drug-likeness (QED) is 0.379. The predicted octanol–water partition coefficient (Wildman–Crippen LogP) is 3.49. The number of furan rings is 1. The van der Waals surface area contributed by atoms with Gasteiger partial charge in [-0.3, -0.25) is 14.9 Å². The third kappa shape index (κ3) is 4.88. The van der Waals surface area contributed by atoms with E-state index in [4.69, 9.17) is 9.15 Å². The number of hydrogen-bond acceptors (Lipinski definition) is 5. The van der Waals surface area contributed by atoms with Crippen molar-refractivity contribution in [2.24, 2.45) is 0 Å². The van der Waals surface area contributed by atoms with Gasteiger partial charge >= 0.3 is 0 Å². The number of piperidine rings is 1. The van der Waals surface area contributed by atoms with Gasteiger partial charge in [-0.2, -0.15) is 0 Å². The zero-order valence-electron chi connectivity index (χ0n) is 16.9. The van der Waals surface area contributed by atoms with Crippen LogP contribution in [0.25, 0.3) is 21.7 Å². The van der Waals surface area contributed by atoms with Gasteiger partial charge in [-0.1, -0.05) is 6.07 Å². The molecule has 0 radical (unpaired) electrons. The number of amides is 2. The van der Waals surface area contributed by atoms with Crippen molar-refractivity contribution < 1.29 is 39.8 Å². The molecule has 1 aliphatic heterocycles. The van der Waals surface area contributed by atoms with Crippen molar-refractivity contribution >= 4 is 33.6 Å². The van der Waals surface area contributed by atoms with Crippen LogP contribution >= 0.6 is 0 Å². The van der Waals surface area contributed by atoms with Gasteiger partial charge in [0.15, 0.2) is 0 Å². The molecule has 2 amide bonds. The van der Waals surface area contributed by atoms with Crippen LogP contribution in [0.1, 0.15) is 24.3 Å². The van der Waals surface area contributed by atoms with Crippen LogP contribution in [0.4, 0.5) is 0 Å². The Hall–Kier alpha value is -2.17. The van der Waals surface area contributed by atoms with Crippen LogP contribution in [0.2, 0.25) is 0 Å². The summed E-state index contributed by atoms with van der Waals surface area (Å²) in [5.41, 5.74) is 1.57. The standard InChI is InChI=1S/C21H22N2O4.CH3.W/c1-23(2)7-8-26-15-4-3-13-11-19-17(10-14(13)9-15)18(12-27-19)16-5-6-20(24)22-21(16)25;;/h3-4,9-12,16H,5-8H2,1-2H3,(H,22,24,25);1H3;/q;-1;. The van der Waals surface area contributed by atoms with Gasteiger partial charge in [-0.25, -0.2) is 0 Å². The number of imide groups is 1. The molecule has 2 heterocycles. The average molecular weight is 565 g/mol. The number of fused-ring (bicyclic) bond motifs is 2. The summed E-state index contributed by atoms with van der Waals surface area (Å²) in [6.07, 6.45) is 2.49. The minimum absolute atomic E-state index is 0. The van der Waals surface area contributed by atoms with Gasteiger partial charge in [-0.15, -0.1) is 0 Å². The molecule has 0 bridgehead atoms. The summed E-state index contributed by atoms with van der Waals surface area (Å²) in [6, 6.07) is 9.98. The number of rotatable bonds is 5. The van der Waals surface area contributed by atoms with Crippen LogP contribution in [0, 0.1) is 7.43 Å². The molecule has 4 rings (SSSR count). The first-order valence-corrected chi connectivity index (χ1v) is 9.07. The van der Waals surface area contributed by atoms with E-state index < -0.39 is 0 Å². The van der Waals surface area contributed by atoms with Crippen molar-refractivity contribution in [2.45, 2.75) is 18.8 Å². The summed E-state index contributed by atoms with van der Waals surface area (Å²) in [5.74, 6) is -0.0143. The van der Waals surface area contributed by atoms with Crippen molar-refractivity contribution in [1.29, 1.82) is 0 Å². The fraction of sp³-hybridized carbons (Fsp3) is 0.318. The average Bonchev–Trinajstić information content (AvgIpc) is 3.02. The molecule has 2 aromatic carbocycles. The molecule has 0 spiro atoms. The third-order valence-corrected chi connectivity index (χ3v) is 4.96. The van der Waals surface area contributed by atoms with Gasteiger partial charge < -0.3 is 21.5 Å². The molecule has 154 valence electrons. The largest absolute Gasteiger partial charge is 0.492 e. The van der Waals surface area contributed by atoms with E-state index in [-0.39, 0.29) is 46.2 Å². The predicted molar refractivity (Wildman–Crippen MR) is 109 cm³/mol. The molecule has 3 aromatic rings. The van der Waals surface area contributed by atoms with Crippen molar-refractivity contribution in [1.82, 2.24) is 10.2 Å². The van der Waals surface area contributed by atoms with Gasteiger partial charge in [0.05, 0.1) is 12.2 Å². The maximum atomic E-state index is 12.2.